The number of hydrogen-bond donors (Lipinski definition) is 0. The van der Waals surface area contributed by atoms with Gasteiger partial charge in [0, 0.05) is 5.92 Å². The van der Waals surface area contributed by atoms with Crippen LogP contribution in [0.2, 0.25) is 0 Å². The predicted octanol–water partition coefficient (Wildman–Crippen LogP) is 5.21. The lowest BCUT2D eigenvalue weighted by atomic mass is 9.60. The summed E-state index contributed by atoms with van der Waals surface area (Å²) < 4.78 is 6.36. The van der Waals surface area contributed by atoms with Crippen molar-refractivity contribution >= 4 is 5.97 Å². The molecule has 2 heteroatoms. The molecule has 0 aromatic carbocycles. The van der Waals surface area contributed by atoms with Gasteiger partial charge in [-0.3, -0.25) is 4.79 Å². The molecule has 130 valence electrons. The SMILES string of the molecule is CCC(C)(C)C(=O)OC1(CC)CC2CC1C1C2C2CCC1(C)C2. The molecule has 4 aliphatic carbocycles. The monoisotopic (exact) mass is 318 g/mol. The van der Waals surface area contributed by atoms with Crippen LogP contribution >= 0.6 is 0 Å². The van der Waals surface area contributed by atoms with E-state index in [1.807, 2.05) is 13.8 Å². The van der Waals surface area contributed by atoms with Crippen LogP contribution in [-0.4, -0.2) is 11.6 Å². The maximum absolute atomic E-state index is 12.8. The molecule has 4 rings (SSSR count). The van der Waals surface area contributed by atoms with E-state index in [0.717, 1.165) is 42.9 Å². The van der Waals surface area contributed by atoms with Gasteiger partial charge in [-0.1, -0.05) is 20.8 Å². The highest BCUT2D eigenvalue weighted by Gasteiger charge is 2.71. The van der Waals surface area contributed by atoms with Crippen molar-refractivity contribution in [1.29, 1.82) is 0 Å². The number of hydrogen-bond acceptors (Lipinski definition) is 2. The first-order chi connectivity index (χ1) is 10.8. The fourth-order valence-corrected chi connectivity index (χ4v) is 7.19. The highest BCUT2D eigenvalue weighted by atomic mass is 16.6. The summed E-state index contributed by atoms with van der Waals surface area (Å²) in [7, 11) is 0. The smallest absolute Gasteiger partial charge is 0.312 e. The van der Waals surface area contributed by atoms with E-state index in [2.05, 4.69) is 20.8 Å². The zero-order valence-electron chi connectivity index (χ0n) is 15.7. The topological polar surface area (TPSA) is 26.3 Å². The Hall–Kier alpha value is -0.530. The van der Waals surface area contributed by atoms with Gasteiger partial charge in [-0.2, -0.15) is 0 Å². The van der Waals surface area contributed by atoms with E-state index < -0.39 is 0 Å². The minimum absolute atomic E-state index is 0.0410. The Morgan fingerprint density at radius 2 is 1.96 bits per heavy atom. The third-order valence-corrected chi connectivity index (χ3v) is 8.73. The summed E-state index contributed by atoms with van der Waals surface area (Å²) in [4.78, 5) is 12.8. The van der Waals surface area contributed by atoms with Crippen LogP contribution in [-0.2, 0) is 9.53 Å². The Kier molecular flexibility index (Phi) is 3.30. The Labute approximate surface area is 141 Å². The van der Waals surface area contributed by atoms with Crippen LogP contribution in [0, 0.1) is 40.4 Å². The molecule has 0 aromatic heterocycles. The first-order valence-electron chi connectivity index (χ1n) is 10.00. The van der Waals surface area contributed by atoms with E-state index in [1.165, 1.54) is 25.7 Å². The summed E-state index contributed by atoms with van der Waals surface area (Å²) in [6.45, 7) is 10.9. The van der Waals surface area contributed by atoms with E-state index in [1.54, 1.807) is 0 Å². The third-order valence-electron chi connectivity index (χ3n) is 8.73. The Morgan fingerprint density at radius 1 is 1.22 bits per heavy atom. The van der Waals surface area contributed by atoms with Crippen LogP contribution in [0.1, 0.15) is 79.6 Å². The highest BCUT2D eigenvalue weighted by Crippen LogP contribution is 2.74. The molecule has 23 heavy (non-hydrogen) atoms. The molecule has 0 amide bonds. The Balaban J connectivity index is 1.61. The number of fused-ring (bicyclic) bond motifs is 9. The molecule has 4 saturated carbocycles. The van der Waals surface area contributed by atoms with Gasteiger partial charge in [-0.05, 0) is 87.9 Å². The van der Waals surface area contributed by atoms with E-state index in [4.69, 9.17) is 4.74 Å². The van der Waals surface area contributed by atoms with E-state index in [9.17, 15) is 4.79 Å². The first kappa shape index (κ1) is 16.0. The van der Waals surface area contributed by atoms with Crippen LogP contribution in [0.25, 0.3) is 0 Å². The summed E-state index contributed by atoms with van der Waals surface area (Å²) in [6, 6.07) is 0. The molecular weight excluding hydrogens is 284 g/mol. The quantitative estimate of drug-likeness (QED) is 0.525. The van der Waals surface area contributed by atoms with Gasteiger partial charge in [0.25, 0.3) is 0 Å². The van der Waals surface area contributed by atoms with Gasteiger partial charge in [0.1, 0.15) is 5.60 Å². The van der Waals surface area contributed by atoms with Gasteiger partial charge >= 0.3 is 5.97 Å². The van der Waals surface area contributed by atoms with E-state index >= 15 is 0 Å². The van der Waals surface area contributed by atoms with E-state index in [0.29, 0.717) is 11.3 Å². The normalized spacial score (nSPS) is 50.4. The minimum atomic E-state index is -0.345. The lowest BCUT2D eigenvalue weighted by Gasteiger charge is -2.49. The van der Waals surface area contributed by atoms with Gasteiger partial charge in [0.15, 0.2) is 0 Å². The number of esters is 1. The summed E-state index contributed by atoms with van der Waals surface area (Å²) in [5.41, 5.74) is 0.0487. The largest absolute Gasteiger partial charge is 0.458 e. The second-order valence-electron chi connectivity index (χ2n) is 10.1. The maximum Gasteiger partial charge on any atom is 0.312 e. The van der Waals surface area contributed by atoms with Crippen molar-refractivity contribution < 1.29 is 9.53 Å². The lowest BCUT2D eigenvalue weighted by Crippen LogP contribution is -2.50. The summed E-state index contributed by atoms with van der Waals surface area (Å²) >= 11 is 0. The zero-order chi connectivity index (χ0) is 16.6. The van der Waals surface area contributed by atoms with Crippen molar-refractivity contribution in [2.45, 2.75) is 85.2 Å². The number of carbonyl (C=O) groups excluding carboxylic acids is 1. The Bertz CT molecular complexity index is 524. The van der Waals surface area contributed by atoms with Crippen LogP contribution in [0.4, 0.5) is 0 Å². The molecule has 0 spiro atoms. The molecule has 0 aromatic rings. The molecule has 0 saturated heterocycles. The van der Waals surface area contributed by atoms with Crippen molar-refractivity contribution in [3.63, 3.8) is 0 Å². The number of carbonyl (C=O) groups is 1. The van der Waals surface area contributed by atoms with Crippen LogP contribution in [0.15, 0.2) is 0 Å². The molecule has 4 fully saturated rings. The molecule has 0 N–H and O–H groups in total. The van der Waals surface area contributed by atoms with Crippen LogP contribution < -0.4 is 0 Å². The fourth-order valence-electron chi connectivity index (χ4n) is 7.19. The van der Waals surface area contributed by atoms with Gasteiger partial charge < -0.3 is 4.74 Å². The van der Waals surface area contributed by atoms with Gasteiger partial charge in [0.05, 0.1) is 5.41 Å². The summed E-state index contributed by atoms with van der Waals surface area (Å²) in [5, 5.41) is 0. The van der Waals surface area contributed by atoms with E-state index in [-0.39, 0.29) is 17.0 Å². The zero-order valence-corrected chi connectivity index (χ0v) is 15.7. The van der Waals surface area contributed by atoms with Crippen LogP contribution in [0.5, 0.6) is 0 Å². The molecule has 4 bridgehead atoms. The first-order valence-corrected chi connectivity index (χ1v) is 10.00. The standard InChI is InChI=1S/C21H34O2/c1-6-19(3,4)18(22)23-21(7-2)12-14-10-15(21)17-16(14)13-8-9-20(17,5)11-13/h13-17H,6-12H2,1-5H3. The van der Waals surface area contributed by atoms with Gasteiger partial charge in [0.2, 0.25) is 0 Å². The van der Waals surface area contributed by atoms with Crippen molar-refractivity contribution in [3.8, 4) is 0 Å². The van der Waals surface area contributed by atoms with Gasteiger partial charge in [-0.15, -0.1) is 0 Å². The second-order valence-corrected chi connectivity index (χ2v) is 10.1. The maximum atomic E-state index is 12.8. The molecule has 0 aliphatic heterocycles. The third kappa shape index (κ3) is 1.96. The van der Waals surface area contributed by atoms with Crippen LogP contribution in [0.3, 0.4) is 0 Å². The van der Waals surface area contributed by atoms with Crippen molar-refractivity contribution in [1.82, 2.24) is 0 Å². The second kappa shape index (κ2) is 4.76. The summed E-state index contributed by atoms with van der Waals surface area (Å²) in [5.74, 6) is 4.27. The molecule has 4 aliphatic rings. The molecule has 7 unspecified atom stereocenters. The van der Waals surface area contributed by atoms with Crippen molar-refractivity contribution in [2.24, 2.45) is 40.4 Å². The minimum Gasteiger partial charge on any atom is -0.458 e. The van der Waals surface area contributed by atoms with Gasteiger partial charge in [-0.25, -0.2) is 0 Å². The molecule has 0 heterocycles. The average Bonchev–Trinajstić information content (AvgIpc) is 3.23. The number of ether oxygens (including phenoxy) is 1. The molecule has 2 nitrogen and oxygen atoms in total. The van der Waals surface area contributed by atoms with Crippen molar-refractivity contribution in [3.05, 3.63) is 0 Å². The Morgan fingerprint density at radius 3 is 2.61 bits per heavy atom. The fraction of sp³-hybridized carbons (Fsp3) is 0.952. The summed E-state index contributed by atoms with van der Waals surface area (Å²) in [6.07, 6.45) is 8.65. The lowest BCUT2D eigenvalue weighted by molar-refractivity contribution is -0.185. The molecule has 0 radical (unpaired) electrons. The number of rotatable bonds is 4. The molecule has 7 atom stereocenters. The van der Waals surface area contributed by atoms with Crippen molar-refractivity contribution in [2.75, 3.05) is 0 Å². The average molecular weight is 319 g/mol. The highest BCUT2D eigenvalue weighted by molar-refractivity contribution is 5.76. The predicted molar refractivity (Wildman–Crippen MR) is 91.8 cm³/mol. The molecular formula is C21H34O2.